The number of aromatic amines is 1. The molecule has 3 unspecified atom stereocenters. The average molecular weight is 1110 g/mol. The van der Waals surface area contributed by atoms with Crippen LogP contribution in [0.25, 0.3) is 11.6 Å². The van der Waals surface area contributed by atoms with Crippen LogP contribution in [0.3, 0.4) is 0 Å². The number of carbonyl (C=O) groups is 6. The maximum absolute atomic E-state index is 14.6. The van der Waals surface area contributed by atoms with E-state index in [4.69, 9.17) is 18.9 Å². The molecule has 16 nitrogen and oxygen atoms in total. The summed E-state index contributed by atoms with van der Waals surface area (Å²) in [6.07, 6.45) is 9.45. The van der Waals surface area contributed by atoms with Gasteiger partial charge in [-0.25, -0.2) is 0 Å². The Bertz CT molecular complexity index is 2610. The van der Waals surface area contributed by atoms with E-state index in [0.717, 1.165) is 31.6 Å². The summed E-state index contributed by atoms with van der Waals surface area (Å²) in [6.45, 7) is 22.1. The number of hydrogen-bond donors (Lipinski definition) is 5. The number of allylic oxidation sites excluding steroid dienone is 2. The van der Waals surface area contributed by atoms with Crippen LogP contribution in [0, 0.1) is 25.7 Å². The van der Waals surface area contributed by atoms with Crippen LogP contribution in [-0.4, -0.2) is 124 Å². The van der Waals surface area contributed by atoms with Crippen LogP contribution < -0.4 is 15.4 Å². The van der Waals surface area contributed by atoms with E-state index < -0.39 is 41.6 Å². The molecule has 0 spiro atoms. The molecule has 2 amide bonds. The SMILES string of the molecule is CCCOC(=O)CCC/C=C\C[C@@H]1[C@@H](CC[C@H](CCc2ccccc2)OC(C)(CC)C(=O)C(C)OC(C)(CCC)C(=O)CCC(=O)Oc2ccc3c(c2)/C(=C/c2[nH]c(C)c(C(=O)NCCN(CC)CC)c2C)C(=O)N3)[C@H](O)C[C@@H]1O. The number of fused-ring (bicyclic) bond motifs is 1. The second kappa shape index (κ2) is 31.4. The van der Waals surface area contributed by atoms with Crippen molar-refractivity contribution in [3.8, 4) is 5.75 Å². The van der Waals surface area contributed by atoms with Crippen molar-refractivity contribution in [2.75, 3.05) is 38.1 Å². The number of aryl methyl sites for hydroxylation is 2. The molecule has 2 heterocycles. The number of rotatable bonds is 35. The Labute approximate surface area is 475 Å². The molecule has 16 heteroatoms. The zero-order chi connectivity index (χ0) is 58.6. The lowest BCUT2D eigenvalue weighted by Crippen LogP contribution is -2.50. The van der Waals surface area contributed by atoms with Gasteiger partial charge < -0.3 is 49.7 Å². The van der Waals surface area contributed by atoms with E-state index in [9.17, 15) is 39.0 Å². The molecule has 0 saturated heterocycles. The zero-order valence-corrected chi connectivity index (χ0v) is 49.4. The van der Waals surface area contributed by atoms with E-state index in [1.54, 1.807) is 45.0 Å². The number of H-pyrrole nitrogens is 1. The molecule has 2 aromatic carbocycles. The van der Waals surface area contributed by atoms with Gasteiger partial charge in [-0.1, -0.05) is 83.5 Å². The van der Waals surface area contributed by atoms with Crippen molar-refractivity contribution >= 4 is 52.7 Å². The number of hydrogen-bond acceptors (Lipinski definition) is 13. The van der Waals surface area contributed by atoms with E-state index in [0.29, 0.717) is 123 Å². The fraction of sp³-hybridized carbons (Fsp3) is 0.594. The summed E-state index contributed by atoms with van der Waals surface area (Å²) in [5.41, 5.74) is 2.27. The lowest BCUT2D eigenvalue weighted by atomic mass is 9.85. The molecule has 2 aliphatic rings. The third-order valence-electron chi connectivity index (χ3n) is 16.1. The fourth-order valence-electron chi connectivity index (χ4n) is 11.2. The zero-order valence-electron chi connectivity index (χ0n) is 49.4. The second-order valence-electron chi connectivity index (χ2n) is 22.1. The van der Waals surface area contributed by atoms with Gasteiger partial charge >= 0.3 is 11.9 Å². The van der Waals surface area contributed by atoms with Gasteiger partial charge in [-0.15, -0.1) is 0 Å². The van der Waals surface area contributed by atoms with Gasteiger partial charge in [-0.3, -0.25) is 28.8 Å². The van der Waals surface area contributed by atoms with Crippen molar-refractivity contribution in [3.63, 3.8) is 0 Å². The molecule has 1 aliphatic carbocycles. The molecule has 0 bridgehead atoms. The predicted octanol–water partition coefficient (Wildman–Crippen LogP) is 10.4. The Morgan fingerprint density at radius 3 is 2.27 bits per heavy atom. The molecule has 1 saturated carbocycles. The minimum atomic E-state index is -1.41. The monoisotopic (exact) mass is 1110 g/mol. The highest BCUT2D eigenvalue weighted by Gasteiger charge is 2.45. The van der Waals surface area contributed by atoms with Gasteiger partial charge in [0.25, 0.3) is 11.8 Å². The Morgan fingerprint density at radius 2 is 1.59 bits per heavy atom. The van der Waals surface area contributed by atoms with Crippen LogP contribution in [-0.2, 0) is 44.6 Å². The molecule has 0 radical (unpaired) electrons. The van der Waals surface area contributed by atoms with Crippen molar-refractivity contribution < 1.29 is 57.9 Å². The third-order valence-corrected chi connectivity index (χ3v) is 16.1. The molecule has 3 aromatic rings. The van der Waals surface area contributed by atoms with Crippen LogP contribution in [0.4, 0.5) is 5.69 Å². The normalized spacial score (nSPS) is 19.8. The smallest absolute Gasteiger partial charge is 0.311 e. The minimum Gasteiger partial charge on any atom is -0.466 e. The number of esters is 2. The molecule has 440 valence electrons. The highest BCUT2D eigenvalue weighted by atomic mass is 16.5. The van der Waals surface area contributed by atoms with Crippen molar-refractivity contribution in [3.05, 3.63) is 94.3 Å². The number of nitrogens with one attached hydrogen (secondary N) is 3. The van der Waals surface area contributed by atoms with Crippen molar-refractivity contribution in [1.82, 2.24) is 15.2 Å². The number of amides is 2. The predicted molar refractivity (Wildman–Crippen MR) is 312 cm³/mol. The highest BCUT2D eigenvalue weighted by Crippen LogP contribution is 2.40. The van der Waals surface area contributed by atoms with Crippen LogP contribution in [0.1, 0.15) is 184 Å². The van der Waals surface area contributed by atoms with Crippen LogP contribution >= 0.6 is 0 Å². The molecule has 8 atom stereocenters. The standard InChI is InChI=1S/C64H92N4O12/c1-11-35-64(10,56(71)33-34-58(73)78-47-30-32-52-50(39-47)51(61(75)67-52)40-53-42(6)59(43(7)66-53)62(76)65-36-37-68(14-4)15-5)79-44(8)60(74)63(9,13-3)80-46(28-27-45-23-19-18-20-24-45)29-31-49-48(54(69)41-55(49)70)25-21-16-17-22-26-57(72)77-38-12-2/h16,18-21,23-24,30,32,39-40,44,46,48-49,54-55,66,69-70H,11-15,17,22,25-29,31,33-38,41H2,1-10H3,(H,65,76)(H,67,75)/b21-16-,51-40-/t44?,46-,48+,49+,54-,55+,63?,64?/m0/s1. The van der Waals surface area contributed by atoms with Gasteiger partial charge in [0.2, 0.25) is 0 Å². The molecule has 1 aromatic heterocycles. The molecular formula is C64H92N4O12. The Balaban J connectivity index is 1.21. The van der Waals surface area contributed by atoms with Crippen LogP contribution in [0.2, 0.25) is 0 Å². The van der Waals surface area contributed by atoms with Crippen molar-refractivity contribution in [1.29, 1.82) is 0 Å². The molecular weight excluding hydrogens is 1020 g/mol. The fourth-order valence-corrected chi connectivity index (χ4v) is 11.2. The summed E-state index contributed by atoms with van der Waals surface area (Å²) in [4.78, 5) is 86.1. The number of aromatic nitrogens is 1. The lowest BCUT2D eigenvalue weighted by Gasteiger charge is -2.37. The first-order chi connectivity index (χ1) is 38.2. The van der Waals surface area contributed by atoms with Gasteiger partial charge in [-0.05, 0) is 166 Å². The summed E-state index contributed by atoms with van der Waals surface area (Å²) in [6, 6.07) is 14.9. The van der Waals surface area contributed by atoms with E-state index in [1.165, 1.54) is 0 Å². The quantitative estimate of drug-likeness (QED) is 0.0122. The first-order valence-electron chi connectivity index (χ1n) is 29.4. The molecule has 80 heavy (non-hydrogen) atoms. The van der Waals surface area contributed by atoms with E-state index in [2.05, 4.69) is 46.5 Å². The van der Waals surface area contributed by atoms with Gasteiger partial charge in [0.05, 0.1) is 42.5 Å². The maximum atomic E-state index is 14.6. The first-order valence-corrected chi connectivity index (χ1v) is 29.4. The lowest BCUT2D eigenvalue weighted by molar-refractivity contribution is -0.176. The number of ether oxygens (including phenoxy) is 4. The van der Waals surface area contributed by atoms with Crippen molar-refractivity contribution in [2.45, 2.75) is 201 Å². The summed E-state index contributed by atoms with van der Waals surface area (Å²) in [5, 5.41) is 28.2. The molecule has 5 N–H and O–H groups in total. The third kappa shape index (κ3) is 18.1. The van der Waals surface area contributed by atoms with Gasteiger partial charge in [0.15, 0.2) is 11.6 Å². The number of carbonyl (C=O) groups excluding carboxylic acids is 6. The largest absolute Gasteiger partial charge is 0.466 e. The molecule has 1 fully saturated rings. The number of benzene rings is 2. The highest BCUT2D eigenvalue weighted by molar-refractivity contribution is 6.35. The first kappa shape index (κ1) is 65.0. The van der Waals surface area contributed by atoms with Crippen molar-refractivity contribution in [2.24, 2.45) is 11.8 Å². The summed E-state index contributed by atoms with van der Waals surface area (Å²) in [5.74, 6) is -2.25. The van der Waals surface area contributed by atoms with Gasteiger partial charge in [0.1, 0.15) is 23.1 Å². The average Bonchev–Trinajstić information content (AvgIpc) is 4.01. The molecule has 5 rings (SSSR count). The molecule has 1 aliphatic heterocycles. The number of anilines is 1. The maximum Gasteiger partial charge on any atom is 0.311 e. The summed E-state index contributed by atoms with van der Waals surface area (Å²) < 4.78 is 24.3. The topological polar surface area (TPSA) is 223 Å². The number of likely N-dealkylation sites (N-methyl/N-ethyl adjacent to an activating group) is 1. The van der Waals surface area contributed by atoms with Crippen LogP contribution in [0.15, 0.2) is 60.7 Å². The van der Waals surface area contributed by atoms with E-state index >= 15 is 0 Å². The van der Waals surface area contributed by atoms with Gasteiger partial charge in [-0.2, -0.15) is 0 Å². The van der Waals surface area contributed by atoms with E-state index in [1.807, 2.05) is 65.0 Å². The Hall–Kier alpha value is -5.78. The van der Waals surface area contributed by atoms with Gasteiger partial charge in [0, 0.05) is 48.6 Å². The number of nitrogens with zero attached hydrogens (tertiary/aromatic N) is 1. The summed E-state index contributed by atoms with van der Waals surface area (Å²) in [7, 11) is 0. The Kier molecular flexibility index (Phi) is 25.6. The summed E-state index contributed by atoms with van der Waals surface area (Å²) >= 11 is 0. The minimum absolute atomic E-state index is 0.164. The van der Waals surface area contributed by atoms with Crippen LogP contribution in [0.5, 0.6) is 5.75 Å². The number of Topliss-reactive ketones (excluding diaryl/α,β-unsaturated/α-hetero) is 2. The number of ketones is 2. The number of aliphatic hydroxyl groups excluding tert-OH is 2. The number of aliphatic hydroxyl groups is 2. The number of unbranched alkanes of at least 4 members (excludes halogenated alkanes) is 1. The second-order valence-corrected chi connectivity index (χ2v) is 22.1. The van der Waals surface area contributed by atoms with E-state index in [-0.39, 0.29) is 66.2 Å². The Morgan fingerprint density at radius 1 is 0.863 bits per heavy atom.